The molecule has 1 aromatic heterocycles. The molecule has 0 saturated carbocycles. The van der Waals surface area contributed by atoms with Gasteiger partial charge in [-0.2, -0.15) is 0 Å². The number of nitrogens with two attached hydrogens (primary N) is 1. The molecule has 1 aromatic carbocycles. The molecule has 17 heavy (non-hydrogen) atoms. The molecule has 0 atom stereocenters. The van der Waals surface area contributed by atoms with Crippen LogP contribution >= 0.6 is 27.3 Å². The largest absolute Gasteiger partial charge is 0.399 e. The minimum atomic E-state index is 0.212. The van der Waals surface area contributed by atoms with E-state index >= 15 is 0 Å². The van der Waals surface area contributed by atoms with Crippen LogP contribution in [0.5, 0.6) is 0 Å². The summed E-state index contributed by atoms with van der Waals surface area (Å²) in [5.41, 5.74) is 7.96. The molecule has 0 aliphatic heterocycles. The lowest BCUT2D eigenvalue weighted by molar-refractivity contribution is 0.604. The van der Waals surface area contributed by atoms with Gasteiger partial charge in [0.15, 0.2) is 0 Å². The number of hydrogen-bond donors (Lipinski definition) is 1. The number of hydrogen-bond acceptors (Lipinski definition) is 2. The fourth-order valence-corrected chi connectivity index (χ4v) is 3.46. The Morgan fingerprint density at radius 3 is 2.35 bits per heavy atom. The first-order valence-electron chi connectivity index (χ1n) is 5.53. The third kappa shape index (κ3) is 2.72. The number of benzene rings is 1. The van der Waals surface area contributed by atoms with Gasteiger partial charge >= 0.3 is 0 Å². The standard InChI is InChI=1S/C14H16BrNS/c1-14(2,3)13-7-6-12(17-13)10-5-4-9(16)8-11(10)15/h4-8H,16H2,1-3H3. The molecule has 1 nitrogen and oxygen atoms in total. The Balaban J connectivity index is 2.44. The van der Waals surface area contributed by atoms with E-state index in [1.807, 2.05) is 23.5 Å². The van der Waals surface area contributed by atoms with Gasteiger partial charge in [0.25, 0.3) is 0 Å². The molecule has 1 heterocycles. The minimum absolute atomic E-state index is 0.212. The first-order chi connectivity index (χ1) is 7.88. The van der Waals surface area contributed by atoms with Gasteiger partial charge in [-0.3, -0.25) is 0 Å². The van der Waals surface area contributed by atoms with Gasteiger partial charge < -0.3 is 5.73 Å². The van der Waals surface area contributed by atoms with Crippen molar-refractivity contribution in [3.63, 3.8) is 0 Å². The maximum Gasteiger partial charge on any atom is 0.0357 e. The molecule has 3 heteroatoms. The lowest BCUT2D eigenvalue weighted by Gasteiger charge is -2.15. The van der Waals surface area contributed by atoms with Crippen LogP contribution in [0.25, 0.3) is 10.4 Å². The van der Waals surface area contributed by atoms with Crippen molar-refractivity contribution in [1.82, 2.24) is 0 Å². The molecule has 0 spiro atoms. The van der Waals surface area contributed by atoms with Crippen molar-refractivity contribution < 1.29 is 0 Å². The molecule has 2 N–H and O–H groups in total. The zero-order valence-corrected chi connectivity index (χ0v) is 12.7. The van der Waals surface area contributed by atoms with Crippen molar-refractivity contribution >= 4 is 33.0 Å². The van der Waals surface area contributed by atoms with Crippen LogP contribution in [0.4, 0.5) is 5.69 Å². The number of halogens is 1. The van der Waals surface area contributed by atoms with Crippen molar-refractivity contribution in [2.45, 2.75) is 26.2 Å². The van der Waals surface area contributed by atoms with Gasteiger partial charge in [-0.15, -0.1) is 11.3 Å². The predicted octanol–water partition coefficient (Wildman–Crippen LogP) is 5.06. The molecule has 0 unspecified atom stereocenters. The number of rotatable bonds is 1. The first-order valence-corrected chi connectivity index (χ1v) is 7.14. The van der Waals surface area contributed by atoms with E-state index in [9.17, 15) is 0 Å². The Morgan fingerprint density at radius 1 is 1.12 bits per heavy atom. The van der Waals surface area contributed by atoms with Gasteiger partial charge in [0, 0.05) is 25.5 Å². The van der Waals surface area contributed by atoms with Gasteiger partial charge in [-0.05, 0) is 29.7 Å². The molecule has 0 saturated heterocycles. The van der Waals surface area contributed by atoms with E-state index in [4.69, 9.17) is 5.73 Å². The lowest BCUT2D eigenvalue weighted by Crippen LogP contribution is -2.07. The molecular formula is C14H16BrNS. The Morgan fingerprint density at radius 2 is 1.82 bits per heavy atom. The van der Waals surface area contributed by atoms with E-state index in [2.05, 4.69) is 54.9 Å². The zero-order valence-electron chi connectivity index (χ0n) is 10.3. The van der Waals surface area contributed by atoms with Gasteiger partial charge in [0.2, 0.25) is 0 Å². The van der Waals surface area contributed by atoms with Crippen molar-refractivity contribution in [3.05, 3.63) is 39.7 Å². The molecule has 90 valence electrons. The van der Waals surface area contributed by atoms with Crippen molar-refractivity contribution in [3.8, 4) is 10.4 Å². The van der Waals surface area contributed by atoms with E-state index in [-0.39, 0.29) is 5.41 Å². The molecule has 2 rings (SSSR count). The molecule has 0 bridgehead atoms. The monoisotopic (exact) mass is 309 g/mol. The summed E-state index contributed by atoms with van der Waals surface area (Å²) in [4.78, 5) is 2.68. The highest BCUT2D eigenvalue weighted by atomic mass is 79.9. The maximum absolute atomic E-state index is 5.75. The second-order valence-corrected chi connectivity index (χ2v) is 7.09. The topological polar surface area (TPSA) is 26.0 Å². The summed E-state index contributed by atoms with van der Waals surface area (Å²) in [6.45, 7) is 6.71. The van der Waals surface area contributed by atoms with Crippen LogP contribution in [0.3, 0.4) is 0 Å². The number of thiophene rings is 1. The summed E-state index contributed by atoms with van der Waals surface area (Å²) in [6.07, 6.45) is 0. The van der Waals surface area contributed by atoms with Gasteiger partial charge in [0.05, 0.1) is 0 Å². The summed E-state index contributed by atoms with van der Waals surface area (Å²) in [7, 11) is 0. The first kappa shape index (κ1) is 12.7. The normalized spacial score (nSPS) is 11.8. The summed E-state index contributed by atoms with van der Waals surface area (Å²) in [5.74, 6) is 0. The summed E-state index contributed by atoms with van der Waals surface area (Å²) < 4.78 is 1.06. The Bertz CT molecular complexity index is 537. The second kappa shape index (κ2) is 4.46. The third-order valence-corrected chi connectivity index (χ3v) is 4.80. The molecular weight excluding hydrogens is 294 g/mol. The van der Waals surface area contributed by atoms with Crippen LogP contribution in [0.15, 0.2) is 34.8 Å². The molecule has 0 radical (unpaired) electrons. The Hall–Kier alpha value is -0.800. The van der Waals surface area contributed by atoms with E-state index in [0.29, 0.717) is 0 Å². The third-order valence-electron chi connectivity index (χ3n) is 2.60. The van der Waals surface area contributed by atoms with Gasteiger partial charge in [-0.1, -0.05) is 42.8 Å². The fraction of sp³-hybridized carbons (Fsp3) is 0.286. The second-order valence-electron chi connectivity index (χ2n) is 5.15. The fourth-order valence-electron chi connectivity index (χ4n) is 1.62. The van der Waals surface area contributed by atoms with Crippen molar-refractivity contribution in [1.29, 1.82) is 0 Å². The van der Waals surface area contributed by atoms with Crippen molar-refractivity contribution in [2.75, 3.05) is 5.73 Å². The summed E-state index contributed by atoms with van der Waals surface area (Å²) in [6, 6.07) is 10.4. The van der Waals surface area contributed by atoms with Crippen LogP contribution in [0, 0.1) is 0 Å². The van der Waals surface area contributed by atoms with Gasteiger partial charge in [0.1, 0.15) is 0 Å². The number of nitrogen functional groups attached to an aromatic ring is 1. The summed E-state index contributed by atoms with van der Waals surface area (Å²) in [5, 5.41) is 0. The van der Waals surface area contributed by atoms with Crippen LogP contribution in [-0.4, -0.2) is 0 Å². The molecule has 2 aromatic rings. The minimum Gasteiger partial charge on any atom is -0.399 e. The summed E-state index contributed by atoms with van der Waals surface area (Å²) >= 11 is 5.41. The highest BCUT2D eigenvalue weighted by Gasteiger charge is 2.17. The Kier molecular flexibility index (Phi) is 3.32. The molecule has 0 fully saturated rings. The van der Waals surface area contributed by atoms with E-state index in [0.717, 1.165) is 10.2 Å². The average molecular weight is 310 g/mol. The zero-order chi connectivity index (χ0) is 12.6. The Labute approximate surface area is 115 Å². The van der Waals surface area contributed by atoms with E-state index < -0.39 is 0 Å². The van der Waals surface area contributed by atoms with Crippen molar-refractivity contribution in [2.24, 2.45) is 0 Å². The van der Waals surface area contributed by atoms with Gasteiger partial charge in [-0.25, -0.2) is 0 Å². The molecule has 0 aliphatic carbocycles. The number of anilines is 1. The quantitative estimate of drug-likeness (QED) is 0.732. The van der Waals surface area contributed by atoms with Crippen LogP contribution in [0.2, 0.25) is 0 Å². The average Bonchev–Trinajstić information content (AvgIpc) is 2.65. The molecule has 0 amide bonds. The van der Waals surface area contributed by atoms with Crippen LogP contribution in [-0.2, 0) is 5.41 Å². The SMILES string of the molecule is CC(C)(C)c1ccc(-c2ccc(N)cc2Br)s1. The van der Waals surface area contributed by atoms with E-state index in [1.165, 1.54) is 15.3 Å². The van der Waals surface area contributed by atoms with E-state index in [1.54, 1.807) is 0 Å². The lowest BCUT2D eigenvalue weighted by atomic mass is 9.95. The van der Waals surface area contributed by atoms with Crippen LogP contribution < -0.4 is 5.73 Å². The molecule has 0 aliphatic rings. The maximum atomic E-state index is 5.75. The predicted molar refractivity (Wildman–Crippen MR) is 80.6 cm³/mol. The van der Waals surface area contributed by atoms with Crippen LogP contribution in [0.1, 0.15) is 25.6 Å². The highest BCUT2D eigenvalue weighted by molar-refractivity contribution is 9.10. The smallest absolute Gasteiger partial charge is 0.0357 e. The highest BCUT2D eigenvalue weighted by Crippen LogP contribution is 2.38.